The van der Waals surface area contributed by atoms with E-state index in [1.807, 2.05) is 24.3 Å². The number of hydrogen-bond acceptors (Lipinski definition) is 7. The smallest absolute Gasteiger partial charge is 0.237 e. The summed E-state index contributed by atoms with van der Waals surface area (Å²) in [6.45, 7) is 2.95. The topological polar surface area (TPSA) is 82.5 Å². The van der Waals surface area contributed by atoms with Gasteiger partial charge in [0.25, 0.3) is 0 Å². The summed E-state index contributed by atoms with van der Waals surface area (Å²) < 4.78 is 7.49. The van der Waals surface area contributed by atoms with E-state index >= 15 is 0 Å². The van der Waals surface area contributed by atoms with E-state index in [4.69, 9.17) is 16.1 Å². The van der Waals surface area contributed by atoms with Gasteiger partial charge >= 0.3 is 0 Å². The second-order valence-corrected chi connectivity index (χ2v) is 7.38. The molecule has 1 aromatic carbocycles. The quantitative estimate of drug-likeness (QED) is 0.405. The fourth-order valence-electron chi connectivity index (χ4n) is 2.69. The number of thioether (sulfide) groups is 1. The van der Waals surface area contributed by atoms with Crippen LogP contribution in [-0.2, 0) is 12.3 Å². The summed E-state index contributed by atoms with van der Waals surface area (Å²) >= 11 is 7.45. The minimum atomic E-state index is 0.513. The number of pyridine rings is 1. The molecule has 0 spiro atoms. The Labute approximate surface area is 171 Å². The van der Waals surface area contributed by atoms with Gasteiger partial charge < -0.3 is 9.09 Å². The molecule has 0 unspecified atom stereocenters. The lowest BCUT2D eigenvalue weighted by molar-refractivity contribution is 0.391. The Morgan fingerprint density at radius 2 is 1.82 bits per heavy atom. The van der Waals surface area contributed by atoms with Crippen molar-refractivity contribution in [1.29, 1.82) is 0 Å². The van der Waals surface area contributed by atoms with E-state index in [9.17, 15) is 0 Å². The summed E-state index contributed by atoms with van der Waals surface area (Å²) in [5.74, 6) is 2.42. The van der Waals surface area contributed by atoms with E-state index in [0.717, 1.165) is 35.1 Å². The lowest BCUT2D eigenvalue weighted by Crippen LogP contribution is -2.02. The first-order valence-electron chi connectivity index (χ1n) is 8.79. The standard InChI is InChI=1S/C19H17ClN6OS/c1-2-11-26-18(14-7-9-21-10-8-14)23-24-19(26)28-12-16-22-17(25-27-16)13-3-5-15(20)6-4-13/h3-10H,2,11-12H2,1H3. The average Bonchev–Trinajstić information content (AvgIpc) is 3.35. The summed E-state index contributed by atoms with van der Waals surface area (Å²) in [7, 11) is 0. The largest absolute Gasteiger partial charge is 0.338 e. The molecule has 0 bridgehead atoms. The molecule has 9 heteroatoms. The van der Waals surface area contributed by atoms with E-state index in [1.165, 1.54) is 11.8 Å². The Balaban J connectivity index is 1.51. The molecule has 142 valence electrons. The van der Waals surface area contributed by atoms with E-state index in [2.05, 4.69) is 36.8 Å². The molecule has 0 fully saturated rings. The highest BCUT2D eigenvalue weighted by Gasteiger charge is 2.16. The Morgan fingerprint density at radius 1 is 1.04 bits per heavy atom. The lowest BCUT2D eigenvalue weighted by Gasteiger charge is -2.07. The van der Waals surface area contributed by atoms with Crippen LogP contribution in [0.1, 0.15) is 19.2 Å². The van der Waals surface area contributed by atoms with E-state index in [0.29, 0.717) is 22.5 Å². The van der Waals surface area contributed by atoms with Crippen molar-refractivity contribution in [3.05, 3.63) is 59.7 Å². The number of hydrogen-bond donors (Lipinski definition) is 0. The Bertz CT molecular complexity index is 1050. The van der Waals surface area contributed by atoms with Gasteiger partial charge in [-0.3, -0.25) is 4.98 Å². The molecule has 3 heterocycles. The molecule has 0 aliphatic heterocycles. The second-order valence-electron chi connectivity index (χ2n) is 6.00. The zero-order valence-electron chi connectivity index (χ0n) is 15.1. The molecule has 3 aromatic heterocycles. The van der Waals surface area contributed by atoms with Crippen LogP contribution in [0.2, 0.25) is 5.02 Å². The summed E-state index contributed by atoms with van der Waals surface area (Å²) in [4.78, 5) is 8.52. The van der Waals surface area contributed by atoms with Crippen LogP contribution in [0.25, 0.3) is 22.8 Å². The van der Waals surface area contributed by atoms with Crippen LogP contribution in [0, 0.1) is 0 Å². The highest BCUT2D eigenvalue weighted by Crippen LogP contribution is 2.27. The normalized spacial score (nSPS) is 11.1. The molecular formula is C19H17ClN6OS. The summed E-state index contributed by atoms with van der Waals surface area (Å²) in [5.41, 5.74) is 1.85. The van der Waals surface area contributed by atoms with Gasteiger partial charge in [0.1, 0.15) is 0 Å². The molecule has 4 aromatic rings. The fourth-order valence-corrected chi connectivity index (χ4v) is 3.62. The van der Waals surface area contributed by atoms with Crippen LogP contribution in [0.3, 0.4) is 0 Å². The van der Waals surface area contributed by atoms with Gasteiger partial charge in [0.15, 0.2) is 11.0 Å². The van der Waals surface area contributed by atoms with Crippen LogP contribution in [0.4, 0.5) is 0 Å². The first-order chi connectivity index (χ1) is 13.7. The highest BCUT2D eigenvalue weighted by molar-refractivity contribution is 7.98. The zero-order chi connectivity index (χ0) is 19.3. The van der Waals surface area contributed by atoms with Crippen molar-refractivity contribution in [1.82, 2.24) is 29.9 Å². The van der Waals surface area contributed by atoms with Gasteiger partial charge in [-0.2, -0.15) is 4.98 Å². The maximum absolute atomic E-state index is 5.92. The average molecular weight is 413 g/mol. The van der Waals surface area contributed by atoms with Crippen molar-refractivity contribution in [3.8, 4) is 22.8 Å². The Kier molecular flexibility index (Phi) is 5.68. The van der Waals surface area contributed by atoms with Crippen LogP contribution in [0.5, 0.6) is 0 Å². The number of benzene rings is 1. The SMILES string of the molecule is CCCn1c(SCc2nc(-c3ccc(Cl)cc3)no2)nnc1-c1ccncc1. The van der Waals surface area contributed by atoms with Gasteiger partial charge in [0.05, 0.1) is 5.75 Å². The molecule has 0 aliphatic rings. The molecule has 0 aliphatic carbocycles. The number of halogens is 1. The zero-order valence-corrected chi connectivity index (χ0v) is 16.7. The predicted molar refractivity (Wildman–Crippen MR) is 108 cm³/mol. The van der Waals surface area contributed by atoms with Crippen molar-refractivity contribution in [2.75, 3.05) is 0 Å². The van der Waals surface area contributed by atoms with Crippen LogP contribution in [-0.4, -0.2) is 29.9 Å². The maximum atomic E-state index is 5.92. The molecule has 0 radical (unpaired) electrons. The van der Waals surface area contributed by atoms with Crippen LogP contribution >= 0.6 is 23.4 Å². The summed E-state index contributed by atoms with van der Waals surface area (Å²) in [6.07, 6.45) is 4.48. The van der Waals surface area contributed by atoms with Crippen molar-refractivity contribution in [2.24, 2.45) is 0 Å². The van der Waals surface area contributed by atoms with Gasteiger partial charge in [-0.15, -0.1) is 10.2 Å². The third kappa shape index (κ3) is 4.07. The third-order valence-corrected chi connectivity index (χ3v) is 5.20. The Hall–Kier alpha value is -2.71. The first kappa shape index (κ1) is 18.6. The monoisotopic (exact) mass is 412 g/mol. The second kappa shape index (κ2) is 8.53. The molecule has 0 amide bonds. The van der Waals surface area contributed by atoms with Gasteiger partial charge in [-0.05, 0) is 42.8 Å². The fraction of sp³-hybridized carbons (Fsp3) is 0.211. The van der Waals surface area contributed by atoms with Gasteiger partial charge in [-0.25, -0.2) is 0 Å². The Morgan fingerprint density at radius 3 is 2.57 bits per heavy atom. The van der Waals surface area contributed by atoms with Crippen molar-refractivity contribution in [3.63, 3.8) is 0 Å². The van der Waals surface area contributed by atoms with Crippen LogP contribution in [0.15, 0.2) is 58.5 Å². The molecule has 7 nitrogen and oxygen atoms in total. The molecule has 28 heavy (non-hydrogen) atoms. The van der Waals surface area contributed by atoms with Gasteiger partial charge in [0, 0.05) is 35.1 Å². The van der Waals surface area contributed by atoms with Crippen molar-refractivity contribution < 1.29 is 4.52 Å². The minimum absolute atomic E-state index is 0.513. The molecule has 0 N–H and O–H groups in total. The maximum Gasteiger partial charge on any atom is 0.237 e. The van der Waals surface area contributed by atoms with E-state index < -0.39 is 0 Å². The molecule has 0 atom stereocenters. The molecular weight excluding hydrogens is 396 g/mol. The van der Waals surface area contributed by atoms with Gasteiger partial charge in [0.2, 0.25) is 11.7 Å². The number of rotatable bonds is 7. The first-order valence-corrected chi connectivity index (χ1v) is 10.2. The predicted octanol–water partition coefficient (Wildman–Crippen LogP) is 4.75. The third-order valence-electron chi connectivity index (χ3n) is 4.00. The summed E-state index contributed by atoms with van der Waals surface area (Å²) in [5, 5.41) is 14.3. The van der Waals surface area contributed by atoms with Gasteiger partial charge in [-0.1, -0.05) is 35.4 Å². The number of nitrogens with zero attached hydrogens (tertiary/aromatic N) is 6. The molecule has 0 saturated carbocycles. The summed E-state index contributed by atoms with van der Waals surface area (Å²) in [6, 6.07) is 11.2. The van der Waals surface area contributed by atoms with E-state index in [1.54, 1.807) is 24.5 Å². The molecule has 4 rings (SSSR count). The number of aromatic nitrogens is 6. The van der Waals surface area contributed by atoms with Crippen molar-refractivity contribution in [2.45, 2.75) is 30.8 Å². The molecule has 0 saturated heterocycles. The minimum Gasteiger partial charge on any atom is -0.338 e. The van der Waals surface area contributed by atoms with Crippen LogP contribution < -0.4 is 0 Å². The van der Waals surface area contributed by atoms with Crippen molar-refractivity contribution >= 4 is 23.4 Å². The lowest BCUT2D eigenvalue weighted by atomic mass is 10.2. The highest BCUT2D eigenvalue weighted by atomic mass is 35.5. The van der Waals surface area contributed by atoms with E-state index in [-0.39, 0.29) is 0 Å².